The second-order valence-electron chi connectivity index (χ2n) is 4.03. The molecule has 6 heteroatoms. The van der Waals surface area contributed by atoms with E-state index in [1.807, 2.05) is 24.1 Å². The van der Waals surface area contributed by atoms with Crippen LogP contribution >= 0.6 is 0 Å². The molecule has 0 unspecified atom stereocenters. The Morgan fingerprint density at radius 1 is 1.29 bits per heavy atom. The van der Waals surface area contributed by atoms with Crippen LogP contribution in [0.4, 0.5) is 5.69 Å². The molecule has 1 aromatic rings. The van der Waals surface area contributed by atoms with Crippen LogP contribution in [-0.4, -0.2) is 44.9 Å². The number of nitrogens with one attached hydrogen (secondary N) is 1. The molecule has 0 aliphatic heterocycles. The van der Waals surface area contributed by atoms with Crippen molar-refractivity contribution in [2.24, 2.45) is 0 Å². The van der Waals surface area contributed by atoms with Gasteiger partial charge in [-0.3, -0.25) is 9.62 Å². The van der Waals surface area contributed by atoms with Crippen LogP contribution in [0.1, 0.15) is 5.56 Å². The monoisotopic (exact) mass is 258 g/mol. The number of anilines is 1. The molecule has 0 radical (unpaired) electrons. The van der Waals surface area contributed by atoms with Crippen molar-refractivity contribution in [3.05, 3.63) is 29.8 Å². The minimum atomic E-state index is -3.22. The van der Waals surface area contributed by atoms with Gasteiger partial charge in [0, 0.05) is 18.8 Å². The Morgan fingerprint density at radius 2 is 1.88 bits per heavy atom. The molecule has 0 atom stereocenters. The maximum Gasteiger partial charge on any atom is 0.229 e. The molecule has 17 heavy (non-hydrogen) atoms. The van der Waals surface area contributed by atoms with Gasteiger partial charge in [0.15, 0.2) is 0 Å². The molecule has 2 N–H and O–H groups in total. The first-order valence-corrected chi connectivity index (χ1v) is 7.16. The Balaban J connectivity index is 2.62. The average Bonchev–Trinajstić information content (AvgIpc) is 2.19. The van der Waals surface area contributed by atoms with Crippen molar-refractivity contribution in [2.45, 2.75) is 6.54 Å². The SMILES string of the molecule is CN(CCO)Cc1ccc(NS(C)(=O)=O)cc1. The predicted molar refractivity (Wildman–Crippen MR) is 68.3 cm³/mol. The number of aliphatic hydroxyl groups is 1. The van der Waals surface area contributed by atoms with E-state index in [0.29, 0.717) is 12.2 Å². The highest BCUT2D eigenvalue weighted by Gasteiger charge is 2.03. The van der Waals surface area contributed by atoms with E-state index < -0.39 is 10.0 Å². The fourth-order valence-electron chi connectivity index (χ4n) is 1.45. The number of aliphatic hydroxyl groups excluding tert-OH is 1. The molecule has 0 aliphatic carbocycles. The number of sulfonamides is 1. The maximum absolute atomic E-state index is 11.0. The summed E-state index contributed by atoms with van der Waals surface area (Å²) in [5.41, 5.74) is 1.63. The lowest BCUT2D eigenvalue weighted by Gasteiger charge is -2.15. The van der Waals surface area contributed by atoms with Crippen LogP contribution in [0, 0.1) is 0 Å². The lowest BCUT2D eigenvalue weighted by atomic mass is 10.2. The second kappa shape index (κ2) is 6.00. The van der Waals surface area contributed by atoms with Gasteiger partial charge in [-0.15, -0.1) is 0 Å². The highest BCUT2D eigenvalue weighted by Crippen LogP contribution is 2.11. The summed E-state index contributed by atoms with van der Waals surface area (Å²) in [6, 6.07) is 7.18. The fourth-order valence-corrected chi connectivity index (χ4v) is 2.02. The van der Waals surface area contributed by atoms with E-state index in [2.05, 4.69) is 4.72 Å². The van der Waals surface area contributed by atoms with Crippen molar-refractivity contribution in [3.8, 4) is 0 Å². The van der Waals surface area contributed by atoms with Crippen molar-refractivity contribution in [1.82, 2.24) is 4.90 Å². The van der Waals surface area contributed by atoms with Crippen LogP contribution in [-0.2, 0) is 16.6 Å². The van der Waals surface area contributed by atoms with E-state index >= 15 is 0 Å². The van der Waals surface area contributed by atoms with Gasteiger partial charge < -0.3 is 5.11 Å². The van der Waals surface area contributed by atoms with Crippen LogP contribution in [0.3, 0.4) is 0 Å². The van der Waals surface area contributed by atoms with Gasteiger partial charge in [-0.25, -0.2) is 8.42 Å². The minimum absolute atomic E-state index is 0.129. The third-order valence-electron chi connectivity index (χ3n) is 2.19. The number of rotatable bonds is 6. The summed E-state index contributed by atoms with van der Waals surface area (Å²) in [7, 11) is -1.30. The molecule has 0 bridgehead atoms. The van der Waals surface area contributed by atoms with Crippen molar-refractivity contribution in [2.75, 3.05) is 31.2 Å². The van der Waals surface area contributed by atoms with Gasteiger partial charge in [-0.2, -0.15) is 0 Å². The number of likely N-dealkylation sites (N-methyl/N-ethyl adjacent to an activating group) is 1. The molecule has 0 spiro atoms. The standard InChI is InChI=1S/C11H18N2O3S/c1-13(7-8-14)9-10-3-5-11(6-4-10)12-17(2,15)16/h3-6,12,14H,7-9H2,1-2H3. The van der Waals surface area contributed by atoms with Gasteiger partial charge in [-0.05, 0) is 24.7 Å². The highest BCUT2D eigenvalue weighted by molar-refractivity contribution is 7.92. The largest absolute Gasteiger partial charge is 0.395 e. The average molecular weight is 258 g/mol. The summed E-state index contributed by atoms with van der Waals surface area (Å²) in [6.07, 6.45) is 1.12. The van der Waals surface area contributed by atoms with Gasteiger partial charge in [0.1, 0.15) is 0 Å². The molecule has 0 aromatic heterocycles. The van der Waals surface area contributed by atoms with Crippen LogP contribution in [0.15, 0.2) is 24.3 Å². The molecule has 0 heterocycles. The van der Waals surface area contributed by atoms with E-state index in [9.17, 15) is 8.42 Å². The Bertz CT molecular complexity index is 442. The third-order valence-corrected chi connectivity index (χ3v) is 2.80. The summed E-state index contributed by atoms with van der Waals surface area (Å²) in [5, 5.41) is 8.77. The van der Waals surface area contributed by atoms with Gasteiger partial charge >= 0.3 is 0 Å². The molecular formula is C11H18N2O3S. The minimum Gasteiger partial charge on any atom is -0.395 e. The molecule has 0 amide bonds. The number of benzene rings is 1. The van der Waals surface area contributed by atoms with Crippen LogP contribution in [0.2, 0.25) is 0 Å². The van der Waals surface area contributed by atoms with E-state index in [1.54, 1.807) is 12.1 Å². The molecule has 96 valence electrons. The molecular weight excluding hydrogens is 240 g/mol. The number of nitrogens with zero attached hydrogens (tertiary/aromatic N) is 1. The Kier molecular flexibility index (Phi) is 4.92. The van der Waals surface area contributed by atoms with Gasteiger partial charge in [0.2, 0.25) is 10.0 Å². The van der Waals surface area contributed by atoms with Gasteiger partial charge in [-0.1, -0.05) is 12.1 Å². The van der Waals surface area contributed by atoms with E-state index in [0.717, 1.165) is 18.4 Å². The first kappa shape index (κ1) is 14.0. The zero-order valence-corrected chi connectivity index (χ0v) is 10.9. The topological polar surface area (TPSA) is 69.6 Å². The fraction of sp³-hybridized carbons (Fsp3) is 0.455. The van der Waals surface area contributed by atoms with Crippen molar-refractivity contribution in [3.63, 3.8) is 0 Å². The molecule has 5 nitrogen and oxygen atoms in total. The summed E-state index contributed by atoms with van der Waals surface area (Å²) in [4.78, 5) is 1.99. The Labute approximate surface area is 102 Å². The molecule has 0 fully saturated rings. The molecule has 0 saturated carbocycles. The van der Waals surface area contributed by atoms with E-state index in [4.69, 9.17) is 5.11 Å². The highest BCUT2D eigenvalue weighted by atomic mass is 32.2. The quantitative estimate of drug-likeness (QED) is 0.779. The normalized spacial score (nSPS) is 11.8. The van der Waals surface area contributed by atoms with Gasteiger partial charge in [0.05, 0.1) is 12.9 Å². The Morgan fingerprint density at radius 3 is 2.35 bits per heavy atom. The Hall–Kier alpha value is -1.11. The lowest BCUT2D eigenvalue weighted by molar-refractivity contribution is 0.217. The van der Waals surface area contributed by atoms with Crippen LogP contribution in [0.5, 0.6) is 0 Å². The van der Waals surface area contributed by atoms with Gasteiger partial charge in [0.25, 0.3) is 0 Å². The van der Waals surface area contributed by atoms with E-state index in [-0.39, 0.29) is 6.61 Å². The first-order chi connectivity index (χ1) is 7.90. The van der Waals surface area contributed by atoms with Crippen molar-refractivity contribution in [1.29, 1.82) is 0 Å². The smallest absolute Gasteiger partial charge is 0.229 e. The van der Waals surface area contributed by atoms with Crippen molar-refractivity contribution < 1.29 is 13.5 Å². The third kappa shape index (κ3) is 5.67. The summed E-state index contributed by atoms with van der Waals surface area (Å²) < 4.78 is 24.4. The molecule has 0 saturated heterocycles. The molecule has 1 rings (SSSR count). The predicted octanol–water partition coefficient (Wildman–Crippen LogP) is 0.482. The van der Waals surface area contributed by atoms with Crippen molar-refractivity contribution >= 4 is 15.7 Å². The zero-order valence-electron chi connectivity index (χ0n) is 10.0. The number of hydrogen-bond acceptors (Lipinski definition) is 4. The molecule has 0 aliphatic rings. The summed E-state index contributed by atoms with van der Waals surface area (Å²) in [5.74, 6) is 0. The molecule has 1 aromatic carbocycles. The van der Waals surface area contributed by atoms with E-state index in [1.165, 1.54) is 0 Å². The zero-order chi connectivity index (χ0) is 12.9. The summed E-state index contributed by atoms with van der Waals surface area (Å²) in [6.45, 7) is 1.47. The second-order valence-corrected chi connectivity index (χ2v) is 5.78. The maximum atomic E-state index is 11.0. The first-order valence-electron chi connectivity index (χ1n) is 5.27. The van der Waals surface area contributed by atoms with Crippen LogP contribution < -0.4 is 4.72 Å². The lowest BCUT2D eigenvalue weighted by Crippen LogP contribution is -2.21. The number of hydrogen-bond donors (Lipinski definition) is 2. The summed E-state index contributed by atoms with van der Waals surface area (Å²) >= 11 is 0. The van der Waals surface area contributed by atoms with Crippen LogP contribution in [0.25, 0.3) is 0 Å².